The number of nitrogens with zero attached hydrogens (tertiary/aromatic N) is 1. The highest BCUT2D eigenvalue weighted by Crippen LogP contribution is 2.49. The first-order chi connectivity index (χ1) is 13.2. The molecule has 0 radical (unpaired) electrons. The predicted octanol–water partition coefficient (Wildman–Crippen LogP) is 3.04. The molecule has 1 N–H and O–H groups in total. The summed E-state index contributed by atoms with van der Waals surface area (Å²) in [5.74, 6) is 3.60. The summed E-state index contributed by atoms with van der Waals surface area (Å²) in [5, 5.41) is 3.59. The molecule has 0 bridgehead atoms. The van der Waals surface area contributed by atoms with E-state index in [9.17, 15) is 0 Å². The Kier molecular flexibility index (Phi) is 4.61. The number of fused-ring (bicyclic) bond motifs is 2. The van der Waals surface area contributed by atoms with Crippen LogP contribution in [0.1, 0.15) is 17.3 Å². The minimum atomic E-state index is -0.0968. The highest BCUT2D eigenvalue weighted by atomic mass is 16.7. The number of hydrogen-bond donors (Lipinski definition) is 1. The van der Waals surface area contributed by atoms with Gasteiger partial charge in [-0.2, -0.15) is 0 Å². The molecule has 0 fully saturated rings. The molecule has 0 unspecified atom stereocenters. The minimum absolute atomic E-state index is 0.0968. The molecule has 2 aliphatic heterocycles. The van der Waals surface area contributed by atoms with Gasteiger partial charge in [0.15, 0.2) is 11.5 Å². The third-order valence-corrected chi connectivity index (χ3v) is 5.10. The van der Waals surface area contributed by atoms with Gasteiger partial charge in [0.05, 0.1) is 27.0 Å². The van der Waals surface area contributed by atoms with Gasteiger partial charge in [0.1, 0.15) is 17.7 Å². The molecule has 0 amide bonds. The topological polar surface area (TPSA) is 61.4 Å². The van der Waals surface area contributed by atoms with Crippen LogP contribution < -0.4 is 29.0 Å². The predicted molar refractivity (Wildman–Crippen MR) is 101 cm³/mol. The molecule has 4 rings (SSSR count). The maximum atomic E-state index is 5.74. The fraction of sp³-hybridized carbons (Fsp3) is 0.400. The highest BCUT2D eigenvalue weighted by molar-refractivity contribution is 5.65. The van der Waals surface area contributed by atoms with Crippen molar-refractivity contribution in [1.82, 2.24) is 4.90 Å². The van der Waals surface area contributed by atoms with Crippen molar-refractivity contribution < 1.29 is 23.7 Å². The van der Waals surface area contributed by atoms with E-state index in [0.717, 1.165) is 47.2 Å². The van der Waals surface area contributed by atoms with E-state index >= 15 is 0 Å². The normalized spacial score (nSPS) is 18.0. The summed E-state index contributed by atoms with van der Waals surface area (Å²) in [6, 6.07) is 7.79. The summed E-state index contributed by atoms with van der Waals surface area (Å²) in [6.45, 7) is 1.13. The summed E-state index contributed by atoms with van der Waals surface area (Å²) in [7, 11) is 7.04. The first-order valence-electron chi connectivity index (χ1n) is 8.84. The molecule has 7 nitrogen and oxygen atoms in total. The standard InChI is InChI=1S/C20H24N2O5/c1-22-8-7-12-9-16-18(27-11-26-16)19(25-4)17(12)20(22)21-14-6-5-13(23-2)10-15(14)24-3/h5-6,9-10,20-21H,7-8,11H2,1-4H3/t20-/m0/s1. The SMILES string of the molecule is COc1ccc(N[C@@H]2c3c(cc4c(c3OC)OCO4)CCN2C)c(OC)c1. The molecule has 0 aromatic heterocycles. The number of rotatable bonds is 5. The van der Waals surface area contributed by atoms with Crippen LogP contribution in [-0.2, 0) is 6.42 Å². The molecule has 144 valence electrons. The minimum Gasteiger partial charge on any atom is -0.497 e. The van der Waals surface area contributed by atoms with Crippen LogP contribution in [0.5, 0.6) is 28.7 Å². The van der Waals surface area contributed by atoms with E-state index in [1.807, 2.05) is 18.2 Å². The monoisotopic (exact) mass is 372 g/mol. The molecule has 2 heterocycles. The van der Waals surface area contributed by atoms with E-state index in [4.69, 9.17) is 23.7 Å². The number of nitrogens with one attached hydrogen (secondary N) is 1. The van der Waals surface area contributed by atoms with Crippen molar-refractivity contribution in [1.29, 1.82) is 0 Å². The van der Waals surface area contributed by atoms with Crippen LogP contribution >= 0.6 is 0 Å². The van der Waals surface area contributed by atoms with Gasteiger partial charge >= 0.3 is 0 Å². The second-order valence-corrected chi connectivity index (χ2v) is 6.56. The van der Waals surface area contributed by atoms with E-state index in [0.29, 0.717) is 5.75 Å². The molecular weight excluding hydrogens is 348 g/mol. The quantitative estimate of drug-likeness (QED) is 0.866. The Balaban J connectivity index is 1.77. The Bertz CT molecular complexity index is 855. The fourth-order valence-electron chi connectivity index (χ4n) is 3.68. The molecule has 0 aliphatic carbocycles. The smallest absolute Gasteiger partial charge is 0.231 e. The largest absolute Gasteiger partial charge is 0.497 e. The van der Waals surface area contributed by atoms with Gasteiger partial charge < -0.3 is 29.0 Å². The van der Waals surface area contributed by atoms with E-state index in [1.165, 1.54) is 5.56 Å². The van der Waals surface area contributed by atoms with Gasteiger partial charge in [0.2, 0.25) is 12.5 Å². The van der Waals surface area contributed by atoms with E-state index < -0.39 is 0 Å². The van der Waals surface area contributed by atoms with E-state index in [1.54, 1.807) is 21.3 Å². The van der Waals surface area contributed by atoms with Crippen LogP contribution in [0.3, 0.4) is 0 Å². The molecule has 2 aromatic rings. The lowest BCUT2D eigenvalue weighted by Crippen LogP contribution is -2.37. The zero-order valence-electron chi connectivity index (χ0n) is 16.0. The first kappa shape index (κ1) is 17.6. The zero-order chi connectivity index (χ0) is 19.0. The highest BCUT2D eigenvalue weighted by Gasteiger charge is 2.34. The number of hydrogen-bond acceptors (Lipinski definition) is 7. The Hall–Kier alpha value is -2.80. The Morgan fingerprint density at radius 2 is 1.93 bits per heavy atom. The molecule has 2 aromatic carbocycles. The average Bonchev–Trinajstić information content (AvgIpc) is 3.16. The lowest BCUT2D eigenvalue weighted by Gasteiger charge is -2.37. The second kappa shape index (κ2) is 7.08. The molecular formula is C20H24N2O5. The van der Waals surface area contributed by atoms with Gasteiger partial charge in [-0.3, -0.25) is 4.90 Å². The molecule has 0 saturated carbocycles. The Morgan fingerprint density at radius 1 is 1.07 bits per heavy atom. The summed E-state index contributed by atoms with van der Waals surface area (Å²) < 4.78 is 27.8. The Labute approximate surface area is 158 Å². The summed E-state index contributed by atoms with van der Waals surface area (Å²) in [4.78, 5) is 2.25. The zero-order valence-corrected chi connectivity index (χ0v) is 16.0. The molecule has 0 spiro atoms. The number of benzene rings is 2. The third-order valence-electron chi connectivity index (χ3n) is 5.10. The van der Waals surface area contributed by atoms with Crippen molar-refractivity contribution in [3.63, 3.8) is 0 Å². The fourth-order valence-corrected chi connectivity index (χ4v) is 3.68. The van der Waals surface area contributed by atoms with Crippen LogP contribution in [0.25, 0.3) is 0 Å². The number of likely N-dealkylation sites (N-methyl/N-ethyl adjacent to an activating group) is 1. The first-order valence-corrected chi connectivity index (χ1v) is 8.84. The van der Waals surface area contributed by atoms with Crippen molar-refractivity contribution in [2.24, 2.45) is 0 Å². The van der Waals surface area contributed by atoms with Crippen LogP contribution in [0.4, 0.5) is 5.69 Å². The molecule has 7 heteroatoms. The molecule has 0 saturated heterocycles. The van der Waals surface area contributed by atoms with Crippen LogP contribution in [0, 0.1) is 0 Å². The third kappa shape index (κ3) is 2.98. The molecule has 2 aliphatic rings. The van der Waals surface area contributed by atoms with Gasteiger partial charge in [-0.15, -0.1) is 0 Å². The second-order valence-electron chi connectivity index (χ2n) is 6.56. The van der Waals surface area contributed by atoms with Gasteiger partial charge in [-0.1, -0.05) is 0 Å². The lowest BCUT2D eigenvalue weighted by molar-refractivity contribution is 0.170. The Morgan fingerprint density at radius 3 is 2.67 bits per heavy atom. The maximum absolute atomic E-state index is 5.74. The van der Waals surface area contributed by atoms with Gasteiger partial charge in [0.25, 0.3) is 0 Å². The number of ether oxygens (including phenoxy) is 5. The van der Waals surface area contributed by atoms with Crippen molar-refractivity contribution in [3.8, 4) is 28.7 Å². The molecule has 1 atom stereocenters. The maximum Gasteiger partial charge on any atom is 0.231 e. The van der Waals surface area contributed by atoms with E-state index in [2.05, 4.69) is 23.3 Å². The summed E-state index contributed by atoms with van der Waals surface area (Å²) in [6.07, 6.45) is 0.817. The van der Waals surface area contributed by atoms with Crippen molar-refractivity contribution in [2.75, 3.05) is 47.0 Å². The van der Waals surface area contributed by atoms with Crippen molar-refractivity contribution in [2.45, 2.75) is 12.6 Å². The van der Waals surface area contributed by atoms with Gasteiger partial charge in [-0.25, -0.2) is 0 Å². The van der Waals surface area contributed by atoms with Crippen LogP contribution in [0.2, 0.25) is 0 Å². The molecule has 27 heavy (non-hydrogen) atoms. The lowest BCUT2D eigenvalue weighted by atomic mass is 9.94. The summed E-state index contributed by atoms with van der Waals surface area (Å²) in [5.41, 5.74) is 3.13. The van der Waals surface area contributed by atoms with Gasteiger partial charge in [0, 0.05) is 18.2 Å². The summed E-state index contributed by atoms with van der Waals surface area (Å²) >= 11 is 0. The number of anilines is 1. The van der Waals surface area contributed by atoms with Gasteiger partial charge in [-0.05, 0) is 37.2 Å². The van der Waals surface area contributed by atoms with Crippen LogP contribution in [-0.4, -0.2) is 46.6 Å². The van der Waals surface area contributed by atoms with Crippen LogP contribution in [0.15, 0.2) is 24.3 Å². The average molecular weight is 372 g/mol. The number of methoxy groups -OCH3 is 3. The van der Waals surface area contributed by atoms with Crippen molar-refractivity contribution in [3.05, 3.63) is 35.4 Å². The van der Waals surface area contributed by atoms with Crippen molar-refractivity contribution >= 4 is 5.69 Å². The van der Waals surface area contributed by atoms with E-state index in [-0.39, 0.29) is 13.0 Å².